The van der Waals surface area contributed by atoms with E-state index in [0.29, 0.717) is 18.5 Å². The van der Waals surface area contributed by atoms with Gasteiger partial charge >= 0.3 is 0 Å². The Kier molecular flexibility index (Phi) is 2.06. The van der Waals surface area contributed by atoms with Crippen LogP contribution < -0.4 is 5.73 Å². The van der Waals surface area contributed by atoms with Crippen molar-refractivity contribution in [2.75, 3.05) is 0 Å². The Morgan fingerprint density at radius 3 is 2.67 bits per heavy atom. The highest BCUT2D eigenvalue weighted by Gasteiger charge is 2.36. The molecular weight excluding hydrogens is 188 g/mol. The van der Waals surface area contributed by atoms with E-state index in [4.69, 9.17) is 5.73 Å². The van der Waals surface area contributed by atoms with Crippen LogP contribution in [0.2, 0.25) is 0 Å². The molecule has 1 aromatic heterocycles. The molecule has 15 heavy (non-hydrogen) atoms. The molecule has 4 nitrogen and oxygen atoms in total. The molecule has 0 saturated heterocycles. The summed E-state index contributed by atoms with van der Waals surface area (Å²) in [5.74, 6) is 1.52. The molecule has 0 aliphatic heterocycles. The average Bonchev–Trinajstić information content (AvgIpc) is 3.12. The molecule has 0 spiro atoms. The third-order valence-electron chi connectivity index (χ3n) is 3.65. The lowest BCUT2D eigenvalue weighted by Crippen LogP contribution is -2.13. The molecule has 1 atom stereocenters. The summed E-state index contributed by atoms with van der Waals surface area (Å²) in [6.45, 7) is 2.79. The van der Waals surface area contributed by atoms with E-state index in [2.05, 4.69) is 21.9 Å². The van der Waals surface area contributed by atoms with E-state index in [1.807, 2.05) is 0 Å². The summed E-state index contributed by atoms with van der Waals surface area (Å²) < 4.78 is 2.15. The van der Waals surface area contributed by atoms with E-state index in [1.54, 1.807) is 0 Å². The van der Waals surface area contributed by atoms with Crippen molar-refractivity contribution in [1.82, 2.24) is 15.0 Å². The summed E-state index contributed by atoms with van der Waals surface area (Å²) in [7, 11) is 0. The van der Waals surface area contributed by atoms with Gasteiger partial charge in [0, 0.05) is 12.5 Å². The van der Waals surface area contributed by atoms with Crippen molar-refractivity contribution >= 4 is 0 Å². The van der Waals surface area contributed by atoms with Crippen molar-refractivity contribution in [3.05, 3.63) is 11.4 Å². The first-order chi connectivity index (χ1) is 7.31. The highest BCUT2D eigenvalue weighted by atomic mass is 15.4. The van der Waals surface area contributed by atoms with Gasteiger partial charge in [0.25, 0.3) is 0 Å². The molecule has 2 aliphatic carbocycles. The molecule has 0 bridgehead atoms. The fourth-order valence-electron chi connectivity index (χ4n) is 2.34. The van der Waals surface area contributed by atoms with Gasteiger partial charge in [0.2, 0.25) is 0 Å². The zero-order chi connectivity index (χ0) is 10.4. The lowest BCUT2D eigenvalue weighted by Gasteiger charge is -2.13. The molecule has 2 saturated carbocycles. The van der Waals surface area contributed by atoms with Gasteiger partial charge < -0.3 is 5.73 Å². The van der Waals surface area contributed by atoms with Crippen LogP contribution in [0, 0.1) is 5.92 Å². The minimum Gasteiger partial charge on any atom is -0.325 e. The van der Waals surface area contributed by atoms with E-state index in [0.717, 1.165) is 11.6 Å². The highest BCUT2D eigenvalue weighted by molar-refractivity contribution is 5.21. The molecule has 3 rings (SSSR count). The second-order valence-corrected chi connectivity index (χ2v) is 4.92. The second-order valence-electron chi connectivity index (χ2n) is 4.92. The third-order valence-corrected chi connectivity index (χ3v) is 3.65. The Labute approximate surface area is 89.8 Å². The van der Waals surface area contributed by atoms with Crippen LogP contribution in [0.25, 0.3) is 0 Å². The third kappa shape index (κ3) is 1.57. The van der Waals surface area contributed by atoms with Crippen molar-refractivity contribution in [1.29, 1.82) is 0 Å². The van der Waals surface area contributed by atoms with Gasteiger partial charge in [-0.3, -0.25) is 0 Å². The minimum absolute atomic E-state index is 0.522. The van der Waals surface area contributed by atoms with Crippen LogP contribution in [0.4, 0.5) is 0 Å². The number of nitrogens with zero attached hydrogens (tertiary/aromatic N) is 3. The van der Waals surface area contributed by atoms with Gasteiger partial charge in [-0.15, -0.1) is 5.10 Å². The van der Waals surface area contributed by atoms with Crippen molar-refractivity contribution in [3.8, 4) is 0 Å². The van der Waals surface area contributed by atoms with Gasteiger partial charge in [0.1, 0.15) is 0 Å². The van der Waals surface area contributed by atoms with Gasteiger partial charge in [-0.05, 0) is 38.5 Å². The predicted molar refractivity (Wildman–Crippen MR) is 57.3 cm³/mol. The Morgan fingerprint density at radius 1 is 1.40 bits per heavy atom. The molecular formula is C11H18N4. The SMILES string of the molecule is CC(C1CC1)n1nnc(CN)c1C1CC1. The van der Waals surface area contributed by atoms with Crippen molar-refractivity contribution in [3.63, 3.8) is 0 Å². The fraction of sp³-hybridized carbons (Fsp3) is 0.818. The summed E-state index contributed by atoms with van der Waals surface area (Å²) in [4.78, 5) is 0. The first-order valence-corrected chi connectivity index (χ1v) is 5.95. The molecule has 82 valence electrons. The number of hydrogen-bond donors (Lipinski definition) is 1. The van der Waals surface area contributed by atoms with Crippen LogP contribution >= 0.6 is 0 Å². The predicted octanol–water partition coefficient (Wildman–Crippen LogP) is 1.59. The normalized spacial score (nSPS) is 23.1. The van der Waals surface area contributed by atoms with Gasteiger partial charge in [0.15, 0.2) is 0 Å². The van der Waals surface area contributed by atoms with Gasteiger partial charge in [-0.2, -0.15) is 0 Å². The van der Waals surface area contributed by atoms with Gasteiger partial charge in [-0.1, -0.05) is 5.21 Å². The lowest BCUT2D eigenvalue weighted by molar-refractivity contribution is 0.415. The molecule has 2 fully saturated rings. The summed E-state index contributed by atoms with van der Waals surface area (Å²) in [5, 5.41) is 8.51. The molecule has 1 unspecified atom stereocenters. The molecule has 0 radical (unpaired) electrons. The quantitative estimate of drug-likeness (QED) is 0.813. The largest absolute Gasteiger partial charge is 0.325 e. The van der Waals surface area contributed by atoms with Crippen LogP contribution in [0.15, 0.2) is 0 Å². The van der Waals surface area contributed by atoms with Crippen LogP contribution in [0.1, 0.15) is 56.0 Å². The van der Waals surface area contributed by atoms with E-state index < -0.39 is 0 Å². The molecule has 2 aliphatic rings. The Hall–Kier alpha value is -0.900. The van der Waals surface area contributed by atoms with Crippen LogP contribution in [-0.2, 0) is 6.54 Å². The number of nitrogens with two attached hydrogens (primary N) is 1. The van der Waals surface area contributed by atoms with Crippen molar-refractivity contribution in [2.45, 2.75) is 51.1 Å². The standard InChI is InChI=1S/C11H18N4/c1-7(8-2-3-8)15-11(9-4-5-9)10(6-12)13-14-15/h7-9H,2-6,12H2,1H3. The fourth-order valence-corrected chi connectivity index (χ4v) is 2.34. The van der Waals surface area contributed by atoms with Gasteiger partial charge in [0.05, 0.1) is 17.4 Å². The second kappa shape index (κ2) is 3.30. The first kappa shape index (κ1) is 9.33. The summed E-state index contributed by atoms with van der Waals surface area (Å²) in [6.07, 6.45) is 5.28. The van der Waals surface area contributed by atoms with Crippen LogP contribution in [-0.4, -0.2) is 15.0 Å². The van der Waals surface area contributed by atoms with E-state index >= 15 is 0 Å². The summed E-state index contributed by atoms with van der Waals surface area (Å²) in [6, 6.07) is 0.522. The van der Waals surface area contributed by atoms with Crippen molar-refractivity contribution < 1.29 is 0 Å². The maximum Gasteiger partial charge on any atom is 0.0997 e. The highest BCUT2D eigenvalue weighted by Crippen LogP contribution is 2.45. The molecule has 4 heteroatoms. The zero-order valence-corrected chi connectivity index (χ0v) is 9.19. The van der Waals surface area contributed by atoms with Crippen LogP contribution in [0.3, 0.4) is 0 Å². The smallest absolute Gasteiger partial charge is 0.0997 e. The maximum absolute atomic E-state index is 5.71. The molecule has 1 heterocycles. The zero-order valence-electron chi connectivity index (χ0n) is 9.19. The number of aromatic nitrogens is 3. The summed E-state index contributed by atoms with van der Waals surface area (Å²) >= 11 is 0. The Balaban J connectivity index is 1.94. The van der Waals surface area contributed by atoms with E-state index in [-0.39, 0.29) is 0 Å². The molecule has 0 amide bonds. The van der Waals surface area contributed by atoms with E-state index in [1.165, 1.54) is 31.4 Å². The minimum atomic E-state index is 0.522. The topological polar surface area (TPSA) is 56.7 Å². The Bertz CT molecular complexity index is 363. The van der Waals surface area contributed by atoms with Crippen molar-refractivity contribution in [2.24, 2.45) is 11.7 Å². The first-order valence-electron chi connectivity index (χ1n) is 5.95. The molecule has 1 aromatic rings. The number of hydrogen-bond acceptors (Lipinski definition) is 3. The number of rotatable bonds is 4. The van der Waals surface area contributed by atoms with E-state index in [9.17, 15) is 0 Å². The monoisotopic (exact) mass is 206 g/mol. The average molecular weight is 206 g/mol. The lowest BCUT2D eigenvalue weighted by atomic mass is 10.1. The maximum atomic E-state index is 5.71. The molecule has 0 aromatic carbocycles. The molecule has 2 N–H and O–H groups in total. The summed E-state index contributed by atoms with van der Waals surface area (Å²) in [5.41, 5.74) is 8.05. The van der Waals surface area contributed by atoms with Crippen LogP contribution in [0.5, 0.6) is 0 Å². The Morgan fingerprint density at radius 2 is 2.13 bits per heavy atom. The van der Waals surface area contributed by atoms with Gasteiger partial charge in [-0.25, -0.2) is 4.68 Å².